The van der Waals surface area contributed by atoms with Crippen molar-refractivity contribution in [3.8, 4) is 0 Å². The van der Waals surface area contributed by atoms with Crippen LogP contribution in [0, 0.1) is 17.5 Å². The number of hydrogen-bond acceptors (Lipinski definition) is 5. The van der Waals surface area contributed by atoms with Crippen molar-refractivity contribution in [3.05, 3.63) is 53.6 Å². The molecule has 1 aromatic carbocycles. The van der Waals surface area contributed by atoms with E-state index in [0.29, 0.717) is 37.6 Å². The minimum atomic E-state index is -0.694. The first kappa shape index (κ1) is 21.9. The van der Waals surface area contributed by atoms with Gasteiger partial charge in [-0.25, -0.2) is 32.9 Å². The summed E-state index contributed by atoms with van der Waals surface area (Å²) in [6.07, 6.45) is 4.16. The highest BCUT2D eigenvalue weighted by molar-refractivity contribution is 7.59. The number of carbonyl (C=O) groups excluding carboxylic acids is 1. The number of anilines is 1. The van der Waals surface area contributed by atoms with Gasteiger partial charge in [-0.15, -0.1) is 0 Å². The van der Waals surface area contributed by atoms with Crippen LogP contribution >= 0.6 is 13.5 Å². The number of rotatable bonds is 2. The Labute approximate surface area is 178 Å². The van der Waals surface area contributed by atoms with E-state index >= 15 is 0 Å². The number of halogens is 3. The van der Waals surface area contributed by atoms with Crippen molar-refractivity contribution < 1.29 is 18.0 Å². The molecule has 1 saturated heterocycles. The molecule has 11 heteroatoms. The minimum Gasteiger partial charge on any atom is -0.337 e. The van der Waals surface area contributed by atoms with Crippen molar-refractivity contribution in [3.63, 3.8) is 0 Å². The molecule has 0 spiro atoms. The fourth-order valence-corrected chi connectivity index (χ4v) is 3.67. The third-order valence-electron chi connectivity index (χ3n) is 5.06. The molecule has 3 heterocycles. The number of hydrogen-bond donors (Lipinski definition) is 0. The molecule has 2 aliphatic rings. The summed E-state index contributed by atoms with van der Waals surface area (Å²) in [6, 6.07) is 2.15. The summed E-state index contributed by atoms with van der Waals surface area (Å²) in [5.74, 6) is -1.50. The van der Waals surface area contributed by atoms with E-state index in [4.69, 9.17) is 0 Å². The maximum Gasteiger partial charge on any atom is 0.341 e. The molecule has 4 rings (SSSR count). The highest BCUT2D eigenvalue weighted by Crippen LogP contribution is 2.31. The van der Waals surface area contributed by atoms with Crippen LogP contribution in [0.15, 0.2) is 35.7 Å². The Bertz CT molecular complexity index is 924. The van der Waals surface area contributed by atoms with Crippen LogP contribution in [0.2, 0.25) is 0 Å². The van der Waals surface area contributed by atoms with E-state index in [1.165, 1.54) is 17.1 Å². The highest BCUT2D eigenvalue weighted by atomic mass is 32.1. The topological polar surface area (TPSA) is 64.9 Å². The van der Waals surface area contributed by atoms with Gasteiger partial charge in [0.1, 0.15) is 11.6 Å². The second-order valence-electron chi connectivity index (χ2n) is 7.07. The minimum absolute atomic E-state index is 0. The van der Waals surface area contributed by atoms with Crippen molar-refractivity contribution in [1.82, 2.24) is 19.9 Å². The summed E-state index contributed by atoms with van der Waals surface area (Å²) in [4.78, 5) is 24.6. The molecule has 2 amide bonds. The molecule has 2 aliphatic heterocycles. The van der Waals surface area contributed by atoms with Crippen molar-refractivity contribution >= 4 is 31.7 Å². The SMILES string of the molecule is C[C@H]1CN(c2ncc(F)cn2)CCN1C(=O)N1N=CCC1c1cc(F)cc(F)c1.S. The maximum absolute atomic E-state index is 13.6. The lowest BCUT2D eigenvalue weighted by Crippen LogP contribution is -2.57. The smallest absolute Gasteiger partial charge is 0.337 e. The third-order valence-corrected chi connectivity index (χ3v) is 5.06. The molecule has 1 fully saturated rings. The van der Waals surface area contributed by atoms with Gasteiger partial charge in [0.2, 0.25) is 5.95 Å². The number of amides is 2. The molecule has 1 unspecified atom stereocenters. The largest absolute Gasteiger partial charge is 0.341 e. The van der Waals surface area contributed by atoms with Gasteiger partial charge in [0.05, 0.1) is 18.4 Å². The number of piperazine rings is 1. The Kier molecular flexibility index (Phi) is 6.49. The normalized spacial score (nSPS) is 21.0. The van der Waals surface area contributed by atoms with Crippen LogP contribution in [0.25, 0.3) is 0 Å². The molecule has 0 saturated carbocycles. The molecule has 2 atom stereocenters. The van der Waals surface area contributed by atoms with Crippen LogP contribution in [0.5, 0.6) is 0 Å². The van der Waals surface area contributed by atoms with Crippen molar-refractivity contribution in [2.75, 3.05) is 24.5 Å². The zero-order valence-electron chi connectivity index (χ0n) is 16.2. The standard InChI is InChI=1S/C19H19F3N6O.H2S/c1-12-11-26(18-23-9-16(22)10-24-18)4-5-27(12)19(29)28-17(2-3-25-28)13-6-14(20)8-15(21)7-13;/h3,6-10,12,17H,2,4-5,11H2,1H3;1H2/t12-,17?;/m0./s1. The van der Waals surface area contributed by atoms with Crippen LogP contribution in [-0.2, 0) is 0 Å². The first-order valence-electron chi connectivity index (χ1n) is 9.23. The van der Waals surface area contributed by atoms with Gasteiger partial charge in [-0.05, 0) is 24.6 Å². The molecule has 160 valence electrons. The summed E-state index contributed by atoms with van der Waals surface area (Å²) >= 11 is 0. The second kappa shape index (κ2) is 8.90. The first-order chi connectivity index (χ1) is 13.9. The molecular formula is C19H21F3N6OS. The average molecular weight is 438 g/mol. The van der Waals surface area contributed by atoms with Crippen LogP contribution in [0.3, 0.4) is 0 Å². The number of aromatic nitrogens is 2. The van der Waals surface area contributed by atoms with Gasteiger partial charge in [0.25, 0.3) is 0 Å². The number of urea groups is 1. The van der Waals surface area contributed by atoms with Gasteiger partial charge < -0.3 is 9.80 Å². The fraction of sp³-hybridized carbons (Fsp3) is 0.368. The number of carbonyl (C=O) groups is 1. The van der Waals surface area contributed by atoms with Crippen LogP contribution in [0.4, 0.5) is 23.9 Å². The molecule has 2 aromatic rings. The Balaban J connectivity index is 0.00000256. The summed E-state index contributed by atoms with van der Waals surface area (Å²) in [7, 11) is 0. The number of benzene rings is 1. The van der Waals surface area contributed by atoms with Gasteiger partial charge in [-0.3, -0.25) is 0 Å². The quantitative estimate of drug-likeness (QED) is 0.723. The lowest BCUT2D eigenvalue weighted by molar-refractivity contribution is 0.121. The third kappa shape index (κ3) is 4.35. The molecule has 7 nitrogen and oxygen atoms in total. The summed E-state index contributed by atoms with van der Waals surface area (Å²) in [5.41, 5.74) is 0.361. The number of nitrogens with zero attached hydrogens (tertiary/aromatic N) is 6. The Morgan fingerprint density at radius 3 is 2.33 bits per heavy atom. The van der Waals surface area contributed by atoms with Gasteiger partial charge in [-0.2, -0.15) is 18.6 Å². The fourth-order valence-electron chi connectivity index (χ4n) is 3.67. The zero-order valence-corrected chi connectivity index (χ0v) is 17.2. The molecule has 0 aliphatic carbocycles. The predicted molar refractivity (Wildman–Crippen MR) is 110 cm³/mol. The predicted octanol–water partition coefficient (Wildman–Crippen LogP) is 3.07. The summed E-state index contributed by atoms with van der Waals surface area (Å²) in [6.45, 7) is 3.20. The van der Waals surface area contributed by atoms with Crippen LogP contribution < -0.4 is 4.90 Å². The van der Waals surface area contributed by atoms with Crippen LogP contribution in [0.1, 0.15) is 24.9 Å². The molecule has 0 bridgehead atoms. The molecule has 0 N–H and O–H groups in total. The van der Waals surface area contributed by atoms with E-state index < -0.39 is 23.5 Å². The van der Waals surface area contributed by atoms with Crippen molar-refractivity contribution in [2.45, 2.75) is 25.4 Å². The molecule has 1 aromatic heterocycles. The van der Waals surface area contributed by atoms with Gasteiger partial charge in [0.15, 0.2) is 5.82 Å². The molecular weight excluding hydrogens is 417 g/mol. The lowest BCUT2D eigenvalue weighted by Gasteiger charge is -2.41. The van der Waals surface area contributed by atoms with E-state index in [-0.39, 0.29) is 25.6 Å². The highest BCUT2D eigenvalue weighted by Gasteiger charge is 2.36. The van der Waals surface area contributed by atoms with E-state index in [0.717, 1.165) is 18.5 Å². The molecule has 0 radical (unpaired) electrons. The van der Waals surface area contributed by atoms with Gasteiger partial charge in [0, 0.05) is 44.4 Å². The van der Waals surface area contributed by atoms with Crippen LogP contribution in [-0.4, -0.2) is 57.8 Å². The Morgan fingerprint density at radius 1 is 1.03 bits per heavy atom. The average Bonchev–Trinajstić information content (AvgIpc) is 3.17. The van der Waals surface area contributed by atoms with Gasteiger partial charge >= 0.3 is 6.03 Å². The maximum atomic E-state index is 13.6. The van der Waals surface area contributed by atoms with Gasteiger partial charge in [-0.1, -0.05) is 0 Å². The van der Waals surface area contributed by atoms with E-state index in [1.54, 1.807) is 11.1 Å². The Morgan fingerprint density at radius 2 is 1.70 bits per heavy atom. The van der Waals surface area contributed by atoms with Crippen molar-refractivity contribution in [2.24, 2.45) is 5.10 Å². The monoisotopic (exact) mass is 438 g/mol. The van der Waals surface area contributed by atoms with E-state index in [1.807, 2.05) is 11.8 Å². The number of hydrazone groups is 1. The summed E-state index contributed by atoms with van der Waals surface area (Å²) in [5, 5.41) is 5.41. The first-order valence-corrected chi connectivity index (χ1v) is 9.23. The Hall–Kier alpha value is -2.82. The van der Waals surface area contributed by atoms with E-state index in [2.05, 4.69) is 15.1 Å². The van der Waals surface area contributed by atoms with E-state index in [9.17, 15) is 18.0 Å². The zero-order chi connectivity index (χ0) is 20.5. The van der Waals surface area contributed by atoms with Crippen molar-refractivity contribution in [1.29, 1.82) is 0 Å². The second-order valence-corrected chi connectivity index (χ2v) is 7.07. The summed E-state index contributed by atoms with van der Waals surface area (Å²) < 4.78 is 40.3. The molecule has 30 heavy (non-hydrogen) atoms. The lowest BCUT2D eigenvalue weighted by atomic mass is 10.0.